The fraction of sp³-hybridized carbons (Fsp3) is 0.818. The van der Waals surface area contributed by atoms with E-state index in [9.17, 15) is 9.59 Å². The van der Waals surface area contributed by atoms with E-state index in [4.69, 9.17) is 5.11 Å². The van der Waals surface area contributed by atoms with Gasteiger partial charge in [-0.05, 0) is 18.6 Å². The van der Waals surface area contributed by atoms with Gasteiger partial charge in [0.2, 0.25) is 0 Å². The first-order valence-corrected chi connectivity index (χ1v) is 7.14. The summed E-state index contributed by atoms with van der Waals surface area (Å²) in [6.45, 7) is 3.72. The van der Waals surface area contributed by atoms with E-state index in [0.717, 1.165) is 37.4 Å². The van der Waals surface area contributed by atoms with Gasteiger partial charge in [-0.2, -0.15) is 11.8 Å². The Hall–Kier alpha value is -0.910. The standard InChI is InChI=1S/C11H20N2O3S/c1-2-4-13(9-10(14)15)11(16)12-5-3-7-17-8-6-12/h2-9H2,1H3,(H,14,15). The van der Waals surface area contributed by atoms with Crippen molar-refractivity contribution in [1.29, 1.82) is 0 Å². The maximum Gasteiger partial charge on any atom is 0.323 e. The molecule has 0 aromatic carbocycles. The molecule has 1 aliphatic heterocycles. The highest BCUT2D eigenvalue weighted by molar-refractivity contribution is 7.99. The Balaban J connectivity index is 2.57. The van der Waals surface area contributed by atoms with Crippen LogP contribution in [-0.4, -0.2) is 64.6 Å². The van der Waals surface area contributed by atoms with Crippen LogP contribution in [0.25, 0.3) is 0 Å². The zero-order chi connectivity index (χ0) is 12.7. The molecule has 1 heterocycles. The van der Waals surface area contributed by atoms with Crippen LogP contribution < -0.4 is 0 Å². The predicted octanol–water partition coefficient (Wildman–Crippen LogP) is 1.34. The molecule has 0 atom stereocenters. The second-order valence-corrected chi connectivity index (χ2v) is 5.28. The monoisotopic (exact) mass is 260 g/mol. The van der Waals surface area contributed by atoms with E-state index in [1.54, 1.807) is 4.90 Å². The molecule has 5 nitrogen and oxygen atoms in total. The molecule has 0 aromatic heterocycles. The number of hydrogen-bond donors (Lipinski definition) is 1. The average molecular weight is 260 g/mol. The summed E-state index contributed by atoms with van der Waals surface area (Å²) >= 11 is 1.85. The molecule has 2 amide bonds. The van der Waals surface area contributed by atoms with Gasteiger partial charge < -0.3 is 14.9 Å². The maximum atomic E-state index is 12.2. The number of rotatable bonds is 4. The van der Waals surface area contributed by atoms with Crippen LogP contribution in [0.5, 0.6) is 0 Å². The zero-order valence-electron chi connectivity index (χ0n) is 10.2. The molecule has 1 rings (SSSR count). The third kappa shape index (κ3) is 4.85. The molecular formula is C11H20N2O3S. The minimum atomic E-state index is -0.948. The Morgan fingerprint density at radius 2 is 2.12 bits per heavy atom. The Labute approximate surface area is 106 Å². The van der Waals surface area contributed by atoms with E-state index < -0.39 is 5.97 Å². The number of hydrogen-bond acceptors (Lipinski definition) is 3. The molecular weight excluding hydrogens is 240 g/mol. The Morgan fingerprint density at radius 1 is 1.35 bits per heavy atom. The van der Waals surface area contributed by atoms with Crippen LogP contribution in [0.2, 0.25) is 0 Å². The SMILES string of the molecule is CCCN(CC(=O)O)C(=O)N1CCCSCC1. The summed E-state index contributed by atoms with van der Waals surface area (Å²) in [6.07, 6.45) is 1.77. The second kappa shape index (κ2) is 7.42. The maximum absolute atomic E-state index is 12.2. The molecule has 17 heavy (non-hydrogen) atoms. The van der Waals surface area contributed by atoms with Crippen LogP contribution in [0.15, 0.2) is 0 Å². The smallest absolute Gasteiger partial charge is 0.323 e. The van der Waals surface area contributed by atoms with E-state index in [2.05, 4.69) is 0 Å². The topological polar surface area (TPSA) is 60.9 Å². The normalized spacial score (nSPS) is 16.4. The fourth-order valence-corrected chi connectivity index (χ4v) is 2.70. The van der Waals surface area contributed by atoms with Gasteiger partial charge in [-0.15, -0.1) is 0 Å². The first kappa shape index (κ1) is 14.2. The number of amides is 2. The predicted molar refractivity (Wildman–Crippen MR) is 68.4 cm³/mol. The van der Waals surface area contributed by atoms with E-state index in [1.807, 2.05) is 18.7 Å². The van der Waals surface area contributed by atoms with Gasteiger partial charge in [-0.3, -0.25) is 4.79 Å². The van der Waals surface area contributed by atoms with E-state index in [1.165, 1.54) is 4.90 Å². The third-order valence-electron chi connectivity index (χ3n) is 2.58. The van der Waals surface area contributed by atoms with Crippen LogP contribution >= 0.6 is 11.8 Å². The van der Waals surface area contributed by atoms with Crippen molar-refractivity contribution >= 4 is 23.8 Å². The number of carbonyl (C=O) groups excluding carboxylic acids is 1. The van der Waals surface area contributed by atoms with Gasteiger partial charge in [0.1, 0.15) is 6.54 Å². The molecule has 1 aliphatic rings. The Morgan fingerprint density at radius 3 is 2.76 bits per heavy atom. The van der Waals surface area contributed by atoms with Crippen molar-refractivity contribution in [2.45, 2.75) is 19.8 Å². The molecule has 1 saturated heterocycles. The molecule has 0 unspecified atom stereocenters. The van der Waals surface area contributed by atoms with Crippen molar-refractivity contribution in [3.63, 3.8) is 0 Å². The van der Waals surface area contributed by atoms with Gasteiger partial charge in [0.05, 0.1) is 0 Å². The minimum Gasteiger partial charge on any atom is -0.480 e. The lowest BCUT2D eigenvalue weighted by molar-refractivity contribution is -0.137. The molecule has 1 N–H and O–H groups in total. The summed E-state index contributed by atoms with van der Waals surface area (Å²) in [4.78, 5) is 26.1. The first-order valence-electron chi connectivity index (χ1n) is 5.98. The summed E-state index contributed by atoms with van der Waals surface area (Å²) in [5.74, 6) is 1.07. The van der Waals surface area contributed by atoms with Gasteiger partial charge in [-0.1, -0.05) is 6.92 Å². The van der Waals surface area contributed by atoms with E-state index in [-0.39, 0.29) is 12.6 Å². The number of aliphatic carboxylic acids is 1. The van der Waals surface area contributed by atoms with E-state index >= 15 is 0 Å². The molecule has 0 spiro atoms. The third-order valence-corrected chi connectivity index (χ3v) is 3.63. The molecule has 0 aromatic rings. The second-order valence-electron chi connectivity index (χ2n) is 4.05. The van der Waals surface area contributed by atoms with Gasteiger partial charge in [0, 0.05) is 25.4 Å². The lowest BCUT2D eigenvalue weighted by Crippen LogP contribution is -2.46. The van der Waals surface area contributed by atoms with Gasteiger partial charge in [0.25, 0.3) is 0 Å². The average Bonchev–Trinajstić information content (AvgIpc) is 2.55. The molecule has 0 aliphatic carbocycles. The summed E-state index contributed by atoms with van der Waals surface area (Å²) in [7, 11) is 0. The highest BCUT2D eigenvalue weighted by Crippen LogP contribution is 2.12. The summed E-state index contributed by atoms with van der Waals surface area (Å²) < 4.78 is 0. The van der Waals surface area contributed by atoms with Crippen LogP contribution in [0, 0.1) is 0 Å². The van der Waals surface area contributed by atoms with Crippen LogP contribution in [0.4, 0.5) is 4.79 Å². The molecule has 1 fully saturated rings. The minimum absolute atomic E-state index is 0.128. The summed E-state index contributed by atoms with van der Waals surface area (Å²) in [6, 6.07) is -0.128. The summed E-state index contributed by atoms with van der Waals surface area (Å²) in [5.41, 5.74) is 0. The fourth-order valence-electron chi connectivity index (χ4n) is 1.81. The lowest BCUT2D eigenvalue weighted by atomic mass is 10.3. The lowest BCUT2D eigenvalue weighted by Gasteiger charge is -2.28. The van der Waals surface area contributed by atoms with Gasteiger partial charge in [-0.25, -0.2) is 4.79 Å². The number of thioether (sulfide) groups is 1. The number of urea groups is 1. The molecule has 0 radical (unpaired) electrons. The number of carboxylic acids is 1. The molecule has 6 heteroatoms. The van der Waals surface area contributed by atoms with Gasteiger partial charge in [0.15, 0.2) is 0 Å². The van der Waals surface area contributed by atoms with E-state index in [0.29, 0.717) is 6.54 Å². The van der Waals surface area contributed by atoms with Crippen LogP contribution in [-0.2, 0) is 4.79 Å². The van der Waals surface area contributed by atoms with Crippen molar-refractivity contribution < 1.29 is 14.7 Å². The van der Waals surface area contributed by atoms with Crippen molar-refractivity contribution in [3.8, 4) is 0 Å². The van der Waals surface area contributed by atoms with Crippen molar-refractivity contribution in [2.75, 3.05) is 37.7 Å². The van der Waals surface area contributed by atoms with Crippen LogP contribution in [0.1, 0.15) is 19.8 Å². The highest BCUT2D eigenvalue weighted by Gasteiger charge is 2.22. The van der Waals surface area contributed by atoms with Crippen molar-refractivity contribution in [3.05, 3.63) is 0 Å². The quantitative estimate of drug-likeness (QED) is 0.828. The largest absolute Gasteiger partial charge is 0.480 e. The number of carboxylic acid groups (broad SMARTS) is 1. The van der Waals surface area contributed by atoms with Crippen molar-refractivity contribution in [2.24, 2.45) is 0 Å². The highest BCUT2D eigenvalue weighted by atomic mass is 32.2. The molecule has 0 bridgehead atoms. The first-order chi connectivity index (χ1) is 8.15. The number of carbonyl (C=O) groups is 2. The number of nitrogens with zero attached hydrogens (tertiary/aromatic N) is 2. The molecule has 98 valence electrons. The van der Waals surface area contributed by atoms with Crippen molar-refractivity contribution in [1.82, 2.24) is 9.80 Å². The Kier molecular flexibility index (Phi) is 6.18. The summed E-state index contributed by atoms with van der Waals surface area (Å²) in [5, 5.41) is 8.80. The molecule has 0 saturated carbocycles. The Bertz CT molecular complexity index is 265. The van der Waals surface area contributed by atoms with Crippen LogP contribution in [0.3, 0.4) is 0 Å². The zero-order valence-corrected chi connectivity index (χ0v) is 11.0. The van der Waals surface area contributed by atoms with Gasteiger partial charge >= 0.3 is 12.0 Å².